The van der Waals surface area contributed by atoms with Gasteiger partial charge in [-0.15, -0.1) is 0 Å². The first-order valence-corrected chi connectivity index (χ1v) is 8.37. The molecule has 1 aliphatic rings. The lowest BCUT2D eigenvalue weighted by atomic mass is 9.91. The summed E-state index contributed by atoms with van der Waals surface area (Å²) in [6.45, 7) is 0.953. The Balaban J connectivity index is 1.87. The molecule has 1 amide bonds. The van der Waals surface area contributed by atoms with Gasteiger partial charge in [-0.05, 0) is 23.7 Å². The lowest BCUT2D eigenvalue weighted by molar-refractivity contribution is -0.133. The van der Waals surface area contributed by atoms with Gasteiger partial charge in [0.2, 0.25) is 5.91 Å². The molecule has 1 aliphatic carbocycles. The minimum atomic E-state index is -0.602. The number of carbonyl (C=O) groups is 1. The molecule has 4 heteroatoms. The van der Waals surface area contributed by atoms with Crippen molar-refractivity contribution >= 4 is 5.91 Å². The molecular formula is C20H24N2O2. The zero-order valence-corrected chi connectivity index (χ0v) is 14.0. The van der Waals surface area contributed by atoms with Crippen LogP contribution in [0.25, 0.3) is 0 Å². The number of aliphatic hydroxyl groups excluding tert-OH is 1. The number of hydrogen-bond donors (Lipinski definition) is 2. The SMILES string of the molecule is CN(Cc1ccccc1)C1(C(=O)NCCO)Cc2ccccc2C1. The van der Waals surface area contributed by atoms with Crippen molar-refractivity contribution < 1.29 is 9.90 Å². The Morgan fingerprint density at radius 2 is 1.67 bits per heavy atom. The summed E-state index contributed by atoms with van der Waals surface area (Å²) in [5, 5.41) is 11.9. The van der Waals surface area contributed by atoms with Gasteiger partial charge in [-0.3, -0.25) is 9.69 Å². The lowest BCUT2D eigenvalue weighted by Crippen LogP contribution is -2.58. The maximum Gasteiger partial charge on any atom is 0.241 e. The standard InChI is InChI=1S/C20H24N2O2/c1-22(15-16-7-3-2-4-8-16)20(19(24)21-11-12-23)13-17-9-5-6-10-18(17)14-20/h2-10,23H,11-15H2,1H3,(H,21,24). The maximum absolute atomic E-state index is 13.0. The normalized spacial score (nSPS) is 15.3. The number of rotatable bonds is 6. The summed E-state index contributed by atoms with van der Waals surface area (Å²) in [6.07, 6.45) is 1.40. The molecule has 0 spiro atoms. The van der Waals surface area contributed by atoms with Crippen molar-refractivity contribution in [2.24, 2.45) is 0 Å². The molecule has 4 nitrogen and oxygen atoms in total. The molecule has 0 saturated heterocycles. The van der Waals surface area contributed by atoms with Crippen LogP contribution in [0.15, 0.2) is 54.6 Å². The fourth-order valence-electron chi connectivity index (χ4n) is 3.54. The topological polar surface area (TPSA) is 52.6 Å². The largest absolute Gasteiger partial charge is 0.395 e. The first-order valence-electron chi connectivity index (χ1n) is 8.37. The predicted octanol–water partition coefficient (Wildman–Crippen LogP) is 1.76. The van der Waals surface area contributed by atoms with Crippen LogP contribution in [0.3, 0.4) is 0 Å². The number of carbonyl (C=O) groups excluding carboxylic acids is 1. The Labute approximate surface area is 143 Å². The fraction of sp³-hybridized carbons (Fsp3) is 0.350. The van der Waals surface area contributed by atoms with Crippen molar-refractivity contribution in [1.82, 2.24) is 10.2 Å². The van der Waals surface area contributed by atoms with Gasteiger partial charge in [0.1, 0.15) is 5.54 Å². The van der Waals surface area contributed by atoms with Gasteiger partial charge in [-0.1, -0.05) is 54.6 Å². The van der Waals surface area contributed by atoms with E-state index in [1.165, 1.54) is 16.7 Å². The van der Waals surface area contributed by atoms with E-state index >= 15 is 0 Å². The minimum Gasteiger partial charge on any atom is -0.395 e. The van der Waals surface area contributed by atoms with E-state index < -0.39 is 5.54 Å². The van der Waals surface area contributed by atoms with Gasteiger partial charge in [0.15, 0.2) is 0 Å². The fourth-order valence-corrected chi connectivity index (χ4v) is 3.54. The molecule has 3 rings (SSSR count). The molecule has 0 heterocycles. The second kappa shape index (κ2) is 7.16. The number of nitrogens with zero attached hydrogens (tertiary/aromatic N) is 1. The van der Waals surface area contributed by atoms with Crippen LogP contribution in [0.4, 0.5) is 0 Å². The highest BCUT2D eigenvalue weighted by Crippen LogP contribution is 2.35. The van der Waals surface area contributed by atoms with Gasteiger partial charge in [-0.2, -0.15) is 0 Å². The van der Waals surface area contributed by atoms with Crippen LogP contribution in [0, 0.1) is 0 Å². The Bertz CT molecular complexity index is 675. The quantitative estimate of drug-likeness (QED) is 0.851. The van der Waals surface area contributed by atoms with Crippen LogP contribution in [0.5, 0.6) is 0 Å². The molecule has 0 unspecified atom stereocenters. The summed E-state index contributed by atoms with van der Waals surface area (Å²) in [5.74, 6) is -0.00817. The van der Waals surface area contributed by atoms with Crippen LogP contribution in [-0.4, -0.2) is 41.7 Å². The van der Waals surface area contributed by atoms with Crippen molar-refractivity contribution in [2.75, 3.05) is 20.2 Å². The molecule has 2 aromatic rings. The van der Waals surface area contributed by atoms with E-state index in [9.17, 15) is 4.79 Å². The average Bonchev–Trinajstić information content (AvgIpc) is 3.01. The number of aliphatic hydroxyl groups is 1. The highest BCUT2D eigenvalue weighted by atomic mass is 16.3. The monoisotopic (exact) mass is 324 g/mol. The van der Waals surface area contributed by atoms with E-state index in [-0.39, 0.29) is 19.1 Å². The Hall–Kier alpha value is -2.17. The first kappa shape index (κ1) is 16.7. The third-order valence-electron chi connectivity index (χ3n) is 4.90. The number of benzene rings is 2. The third kappa shape index (κ3) is 3.21. The Kier molecular flexibility index (Phi) is 4.97. The van der Waals surface area contributed by atoms with Crippen molar-refractivity contribution in [3.05, 3.63) is 71.3 Å². The Morgan fingerprint density at radius 3 is 2.25 bits per heavy atom. The lowest BCUT2D eigenvalue weighted by Gasteiger charge is -2.37. The van der Waals surface area contributed by atoms with Gasteiger partial charge in [0, 0.05) is 25.9 Å². The first-order chi connectivity index (χ1) is 11.7. The van der Waals surface area contributed by atoms with Crippen LogP contribution >= 0.6 is 0 Å². The molecule has 126 valence electrons. The Morgan fingerprint density at radius 1 is 1.08 bits per heavy atom. The van der Waals surface area contributed by atoms with Gasteiger partial charge in [0.25, 0.3) is 0 Å². The summed E-state index contributed by atoms with van der Waals surface area (Å²) in [4.78, 5) is 15.1. The van der Waals surface area contributed by atoms with E-state index in [0.29, 0.717) is 19.4 Å². The molecule has 2 aromatic carbocycles. The number of likely N-dealkylation sites (N-methyl/N-ethyl adjacent to an activating group) is 1. The van der Waals surface area contributed by atoms with Crippen LogP contribution < -0.4 is 5.32 Å². The molecule has 0 radical (unpaired) electrons. The second-order valence-corrected chi connectivity index (χ2v) is 6.48. The molecule has 24 heavy (non-hydrogen) atoms. The summed E-state index contributed by atoms with van der Waals surface area (Å²) < 4.78 is 0. The van der Waals surface area contributed by atoms with Crippen molar-refractivity contribution in [3.8, 4) is 0 Å². The second-order valence-electron chi connectivity index (χ2n) is 6.48. The van der Waals surface area contributed by atoms with E-state index in [2.05, 4.69) is 34.5 Å². The van der Waals surface area contributed by atoms with Crippen LogP contribution in [-0.2, 0) is 24.2 Å². The molecule has 0 fully saturated rings. The molecular weight excluding hydrogens is 300 g/mol. The average molecular weight is 324 g/mol. The number of hydrogen-bond acceptors (Lipinski definition) is 3. The molecule has 0 bridgehead atoms. The van der Waals surface area contributed by atoms with Gasteiger partial charge in [0.05, 0.1) is 6.61 Å². The smallest absolute Gasteiger partial charge is 0.241 e. The van der Waals surface area contributed by atoms with Gasteiger partial charge in [-0.25, -0.2) is 0 Å². The van der Waals surface area contributed by atoms with Crippen molar-refractivity contribution in [2.45, 2.75) is 24.9 Å². The predicted molar refractivity (Wildman–Crippen MR) is 94.6 cm³/mol. The number of amides is 1. The zero-order chi connectivity index (χ0) is 17.0. The molecule has 0 aromatic heterocycles. The summed E-state index contributed by atoms with van der Waals surface area (Å²) in [5.41, 5.74) is 3.05. The molecule has 2 N–H and O–H groups in total. The molecule has 0 aliphatic heterocycles. The number of fused-ring (bicyclic) bond motifs is 1. The summed E-state index contributed by atoms with van der Waals surface area (Å²) >= 11 is 0. The maximum atomic E-state index is 13.0. The summed E-state index contributed by atoms with van der Waals surface area (Å²) in [6, 6.07) is 18.5. The highest BCUT2D eigenvalue weighted by Gasteiger charge is 2.46. The zero-order valence-electron chi connectivity index (χ0n) is 14.0. The van der Waals surface area contributed by atoms with Gasteiger partial charge >= 0.3 is 0 Å². The van der Waals surface area contributed by atoms with E-state index in [0.717, 1.165) is 0 Å². The highest BCUT2D eigenvalue weighted by molar-refractivity contribution is 5.88. The van der Waals surface area contributed by atoms with E-state index in [4.69, 9.17) is 5.11 Å². The van der Waals surface area contributed by atoms with Crippen molar-refractivity contribution in [1.29, 1.82) is 0 Å². The van der Waals surface area contributed by atoms with E-state index in [1.807, 2.05) is 37.4 Å². The molecule has 0 atom stereocenters. The van der Waals surface area contributed by atoms with Gasteiger partial charge < -0.3 is 10.4 Å². The van der Waals surface area contributed by atoms with Crippen LogP contribution in [0.2, 0.25) is 0 Å². The summed E-state index contributed by atoms with van der Waals surface area (Å²) in [7, 11) is 2.01. The van der Waals surface area contributed by atoms with Crippen LogP contribution in [0.1, 0.15) is 16.7 Å². The molecule has 0 saturated carbocycles. The van der Waals surface area contributed by atoms with Crippen molar-refractivity contribution in [3.63, 3.8) is 0 Å². The number of nitrogens with one attached hydrogen (secondary N) is 1. The third-order valence-corrected chi connectivity index (χ3v) is 4.90. The minimum absolute atomic E-state index is 0.00817. The van der Waals surface area contributed by atoms with E-state index in [1.54, 1.807) is 0 Å².